The van der Waals surface area contributed by atoms with Gasteiger partial charge in [0, 0.05) is 6.04 Å². The molecule has 2 rings (SSSR count). The largest absolute Gasteiger partial charge is 0.496 e. The third-order valence-corrected chi connectivity index (χ3v) is 4.73. The van der Waals surface area contributed by atoms with Gasteiger partial charge >= 0.3 is 0 Å². The molecule has 1 N–H and O–H groups in total. The number of rotatable bonds is 6. The molecule has 112 valence electrons. The first-order chi connectivity index (χ1) is 9.74. The van der Waals surface area contributed by atoms with Crippen LogP contribution in [0.3, 0.4) is 0 Å². The molecule has 1 saturated carbocycles. The molecule has 1 aromatic carbocycles. The Bertz CT molecular complexity index is 396. The van der Waals surface area contributed by atoms with Crippen LogP contribution in [0.25, 0.3) is 0 Å². The minimum atomic E-state index is 0.587. The van der Waals surface area contributed by atoms with E-state index in [1.807, 2.05) is 6.07 Å². The van der Waals surface area contributed by atoms with Crippen LogP contribution < -0.4 is 10.1 Å². The maximum absolute atomic E-state index is 5.50. The predicted octanol–water partition coefficient (Wildman–Crippen LogP) is 4.04. The highest BCUT2D eigenvalue weighted by Crippen LogP contribution is 2.32. The van der Waals surface area contributed by atoms with E-state index in [0.717, 1.165) is 30.6 Å². The second-order valence-corrected chi connectivity index (χ2v) is 6.20. The molecule has 0 radical (unpaired) electrons. The Morgan fingerprint density at radius 3 is 2.55 bits per heavy atom. The van der Waals surface area contributed by atoms with Gasteiger partial charge in [-0.2, -0.15) is 0 Å². The zero-order valence-electron chi connectivity index (χ0n) is 13.2. The summed E-state index contributed by atoms with van der Waals surface area (Å²) in [6.45, 7) is 5.64. The third kappa shape index (κ3) is 3.99. The third-order valence-electron chi connectivity index (χ3n) is 4.73. The molecule has 1 fully saturated rings. The van der Waals surface area contributed by atoms with Crippen LogP contribution in [0.4, 0.5) is 0 Å². The molecule has 1 aliphatic carbocycles. The van der Waals surface area contributed by atoms with Crippen molar-refractivity contribution in [2.45, 2.75) is 52.0 Å². The molecule has 0 aliphatic heterocycles. The number of nitrogens with one attached hydrogen (secondary N) is 1. The molecule has 0 saturated heterocycles. The SMILES string of the molecule is CCNC(Cc1ccccc1OC)C1CCC(C)CC1. The summed E-state index contributed by atoms with van der Waals surface area (Å²) in [5.74, 6) is 2.76. The van der Waals surface area contributed by atoms with E-state index in [4.69, 9.17) is 4.74 Å². The molecular formula is C18H29NO. The molecule has 1 aliphatic rings. The van der Waals surface area contributed by atoms with Crippen molar-refractivity contribution in [3.05, 3.63) is 29.8 Å². The van der Waals surface area contributed by atoms with E-state index in [-0.39, 0.29) is 0 Å². The van der Waals surface area contributed by atoms with Crippen molar-refractivity contribution in [2.24, 2.45) is 11.8 Å². The van der Waals surface area contributed by atoms with Crippen molar-refractivity contribution in [1.82, 2.24) is 5.32 Å². The van der Waals surface area contributed by atoms with E-state index in [1.165, 1.54) is 31.2 Å². The molecule has 0 heterocycles. The average molecular weight is 275 g/mol. The van der Waals surface area contributed by atoms with Gasteiger partial charge in [0.15, 0.2) is 0 Å². The van der Waals surface area contributed by atoms with Gasteiger partial charge in [-0.15, -0.1) is 0 Å². The van der Waals surface area contributed by atoms with Crippen LogP contribution in [0, 0.1) is 11.8 Å². The molecule has 1 atom stereocenters. The molecule has 0 aromatic heterocycles. The number of hydrogen-bond acceptors (Lipinski definition) is 2. The molecule has 1 unspecified atom stereocenters. The van der Waals surface area contributed by atoms with Crippen LogP contribution in [-0.4, -0.2) is 19.7 Å². The summed E-state index contributed by atoms with van der Waals surface area (Å²) in [5.41, 5.74) is 1.33. The summed E-state index contributed by atoms with van der Waals surface area (Å²) in [5, 5.41) is 3.71. The Morgan fingerprint density at radius 1 is 1.20 bits per heavy atom. The van der Waals surface area contributed by atoms with E-state index in [2.05, 4.69) is 37.4 Å². The van der Waals surface area contributed by atoms with Gasteiger partial charge in [0.25, 0.3) is 0 Å². The number of methoxy groups -OCH3 is 1. The molecule has 0 bridgehead atoms. The monoisotopic (exact) mass is 275 g/mol. The van der Waals surface area contributed by atoms with Crippen molar-refractivity contribution in [3.8, 4) is 5.75 Å². The normalized spacial score (nSPS) is 24.4. The van der Waals surface area contributed by atoms with Crippen LogP contribution >= 0.6 is 0 Å². The summed E-state index contributed by atoms with van der Waals surface area (Å²) in [4.78, 5) is 0. The van der Waals surface area contributed by atoms with Gasteiger partial charge < -0.3 is 10.1 Å². The van der Waals surface area contributed by atoms with Gasteiger partial charge in [0.2, 0.25) is 0 Å². The van der Waals surface area contributed by atoms with Gasteiger partial charge in [0.05, 0.1) is 7.11 Å². The first-order valence-electron chi connectivity index (χ1n) is 8.09. The van der Waals surface area contributed by atoms with Crippen LogP contribution in [0.5, 0.6) is 5.75 Å². The fraction of sp³-hybridized carbons (Fsp3) is 0.667. The van der Waals surface area contributed by atoms with E-state index in [1.54, 1.807) is 7.11 Å². The summed E-state index contributed by atoms with van der Waals surface area (Å²) >= 11 is 0. The lowest BCUT2D eigenvalue weighted by Crippen LogP contribution is -2.39. The highest BCUT2D eigenvalue weighted by molar-refractivity contribution is 5.34. The smallest absolute Gasteiger partial charge is 0.122 e. The second kappa shape index (κ2) is 7.68. The van der Waals surface area contributed by atoms with Crippen LogP contribution in [-0.2, 0) is 6.42 Å². The minimum Gasteiger partial charge on any atom is -0.496 e. The number of ether oxygens (including phenoxy) is 1. The molecule has 0 spiro atoms. The first-order valence-corrected chi connectivity index (χ1v) is 8.09. The Morgan fingerprint density at radius 2 is 1.90 bits per heavy atom. The van der Waals surface area contributed by atoms with Gasteiger partial charge in [-0.05, 0) is 49.3 Å². The molecule has 0 amide bonds. The lowest BCUT2D eigenvalue weighted by Gasteiger charge is -2.33. The maximum Gasteiger partial charge on any atom is 0.122 e. The fourth-order valence-electron chi connectivity index (χ4n) is 3.46. The molecular weight excluding hydrogens is 246 g/mol. The zero-order chi connectivity index (χ0) is 14.4. The predicted molar refractivity (Wildman–Crippen MR) is 85.3 cm³/mol. The number of benzene rings is 1. The van der Waals surface area contributed by atoms with Gasteiger partial charge in [-0.3, -0.25) is 0 Å². The number of hydrogen-bond donors (Lipinski definition) is 1. The Labute approximate surface area is 123 Å². The highest BCUT2D eigenvalue weighted by atomic mass is 16.5. The molecule has 2 nitrogen and oxygen atoms in total. The van der Waals surface area contributed by atoms with Crippen molar-refractivity contribution in [3.63, 3.8) is 0 Å². The van der Waals surface area contributed by atoms with Crippen molar-refractivity contribution in [1.29, 1.82) is 0 Å². The summed E-state index contributed by atoms with van der Waals surface area (Å²) in [6.07, 6.45) is 6.59. The number of para-hydroxylation sites is 1. The lowest BCUT2D eigenvalue weighted by molar-refractivity contribution is 0.229. The topological polar surface area (TPSA) is 21.3 Å². The quantitative estimate of drug-likeness (QED) is 0.846. The Hall–Kier alpha value is -1.02. The van der Waals surface area contributed by atoms with Crippen LogP contribution in [0.15, 0.2) is 24.3 Å². The van der Waals surface area contributed by atoms with E-state index in [9.17, 15) is 0 Å². The van der Waals surface area contributed by atoms with E-state index in [0.29, 0.717) is 6.04 Å². The standard InChI is InChI=1S/C18H29NO/c1-4-19-17(15-11-9-14(2)10-12-15)13-16-7-5-6-8-18(16)20-3/h5-8,14-15,17,19H,4,9-13H2,1-3H3. The Balaban J connectivity index is 2.05. The fourth-order valence-corrected chi connectivity index (χ4v) is 3.46. The van der Waals surface area contributed by atoms with Crippen LogP contribution in [0.1, 0.15) is 45.1 Å². The van der Waals surface area contributed by atoms with Crippen molar-refractivity contribution in [2.75, 3.05) is 13.7 Å². The Kier molecular flexibility index (Phi) is 5.90. The maximum atomic E-state index is 5.50. The highest BCUT2D eigenvalue weighted by Gasteiger charge is 2.26. The zero-order valence-corrected chi connectivity index (χ0v) is 13.2. The summed E-state index contributed by atoms with van der Waals surface area (Å²) in [7, 11) is 1.77. The molecule has 20 heavy (non-hydrogen) atoms. The number of likely N-dealkylation sites (N-methyl/N-ethyl adjacent to an activating group) is 1. The minimum absolute atomic E-state index is 0.587. The lowest BCUT2D eigenvalue weighted by atomic mass is 9.77. The van der Waals surface area contributed by atoms with Crippen molar-refractivity contribution < 1.29 is 4.74 Å². The molecule has 2 heteroatoms. The first kappa shape index (κ1) is 15.4. The van der Waals surface area contributed by atoms with Gasteiger partial charge in [0.1, 0.15) is 5.75 Å². The second-order valence-electron chi connectivity index (χ2n) is 6.20. The molecule has 1 aromatic rings. The average Bonchev–Trinajstić information content (AvgIpc) is 2.48. The van der Waals surface area contributed by atoms with Crippen molar-refractivity contribution >= 4 is 0 Å². The summed E-state index contributed by atoms with van der Waals surface area (Å²) < 4.78 is 5.50. The van der Waals surface area contributed by atoms with E-state index < -0.39 is 0 Å². The van der Waals surface area contributed by atoms with Gasteiger partial charge in [-0.25, -0.2) is 0 Å². The van der Waals surface area contributed by atoms with Gasteiger partial charge in [-0.1, -0.05) is 44.9 Å². The van der Waals surface area contributed by atoms with Crippen LogP contribution in [0.2, 0.25) is 0 Å². The van der Waals surface area contributed by atoms with E-state index >= 15 is 0 Å². The summed E-state index contributed by atoms with van der Waals surface area (Å²) in [6, 6.07) is 9.02.